The van der Waals surface area contributed by atoms with E-state index in [4.69, 9.17) is 0 Å². The summed E-state index contributed by atoms with van der Waals surface area (Å²) in [5, 5.41) is 12.2. The van der Waals surface area contributed by atoms with Crippen molar-refractivity contribution < 1.29 is 14.7 Å². The minimum Gasteiger partial charge on any atom is -0.480 e. The molecule has 1 saturated carbocycles. The van der Waals surface area contributed by atoms with Crippen molar-refractivity contribution in [2.24, 2.45) is 11.3 Å². The monoisotopic (exact) mass is 300 g/mol. The van der Waals surface area contributed by atoms with E-state index >= 15 is 0 Å². The molecule has 0 bridgehead atoms. The lowest BCUT2D eigenvalue weighted by Gasteiger charge is -2.28. The lowest BCUT2D eigenvalue weighted by atomic mass is 9.92. The number of hydrogen-bond donors (Lipinski definition) is 2. The standard InChI is InChI=1S/C14H24N2O3S/c1-4-11-16(10(7-20-11)12(17)18)13(19)15-8-14(5-6-14)9(2)3/h9-11H,4-8H2,1-3H3,(H,15,19)(H,17,18). The van der Waals surface area contributed by atoms with Gasteiger partial charge in [0.1, 0.15) is 6.04 Å². The molecule has 1 saturated heterocycles. The van der Waals surface area contributed by atoms with E-state index in [1.807, 2.05) is 6.92 Å². The van der Waals surface area contributed by atoms with Crippen LogP contribution in [-0.2, 0) is 4.79 Å². The predicted molar refractivity (Wildman–Crippen MR) is 79.7 cm³/mol. The van der Waals surface area contributed by atoms with Gasteiger partial charge in [-0.3, -0.25) is 4.90 Å². The average Bonchev–Trinajstić information content (AvgIpc) is 3.07. The first-order valence-corrected chi connectivity index (χ1v) is 8.36. The Kier molecular flexibility index (Phi) is 4.52. The highest BCUT2D eigenvalue weighted by molar-refractivity contribution is 8.00. The Hall–Kier alpha value is -0.910. The van der Waals surface area contributed by atoms with E-state index in [1.165, 1.54) is 4.90 Å². The third kappa shape index (κ3) is 2.90. The van der Waals surface area contributed by atoms with Gasteiger partial charge in [0.2, 0.25) is 0 Å². The second-order valence-corrected chi connectivity index (χ2v) is 7.34. The van der Waals surface area contributed by atoms with E-state index in [0.717, 1.165) is 19.3 Å². The second-order valence-electron chi connectivity index (χ2n) is 6.13. The number of carboxylic acids is 1. The summed E-state index contributed by atoms with van der Waals surface area (Å²) in [6, 6.07) is -0.916. The van der Waals surface area contributed by atoms with Gasteiger partial charge in [0.25, 0.3) is 0 Å². The van der Waals surface area contributed by atoms with Crippen LogP contribution in [0.15, 0.2) is 0 Å². The maximum Gasteiger partial charge on any atom is 0.327 e. The van der Waals surface area contributed by atoms with E-state index in [1.54, 1.807) is 11.8 Å². The van der Waals surface area contributed by atoms with Crippen molar-refractivity contribution in [3.8, 4) is 0 Å². The Balaban J connectivity index is 1.97. The van der Waals surface area contributed by atoms with Crippen molar-refractivity contribution in [2.45, 2.75) is 51.4 Å². The number of carbonyl (C=O) groups excluding carboxylic acids is 1. The molecule has 2 atom stereocenters. The summed E-state index contributed by atoms with van der Waals surface area (Å²) in [5.74, 6) is 0.123. The zero-order chi connectivity index (χ0) is 14.9. The molecule has 0 aromatic carbocycles. The minimum atomic E-state index is -0.909. The lowest BCUT2D eigenvalue weighted by molar-refractivity contribution is -0.141. The summed E-state index contributed by atoms with van der Waals surface area (Å²) in [4.78, 5) is 25.1. The number of carbonyl (C=O) groups is 2. The molecular formula is C14H24N2O3S. The highest BCUT2D eigenvalue weighted by Crippen LogP contribution is 2.51. The highest BCUT2D eigenvalue weighted by Gasteiger charge is 2.46. The van der Waals surface area contributed by atoms with Gasteiger partial charge >= 0.3 is 12.0 Å². The van der Waals surface area contributed by atoms with Gasteiger partial charge < -0.3 is 10.4 Å². The molecule has 2 amide bonds. The van der Waals surface area contributed by atoms with Crippen molar-refractivity contribution in [2.75, 3.05) is 12.3 Å². The van der Waals surface area contributed by atoms with Crippen molar-refractivity contribution in [3.63, 3.8) is 0 Å². The molecular weight excluding hydrogens is 276 g/mol. The molecule has 5 nitrogen and oxygen atoms in total. The van der Waals surface area contributed by atoms with Crippen molar-refractivity contribution in [1.82, 2.24) is 10.2 Å². The van der Waals surface area contributed by atoms with Gasteiger partial charge in [-0.25, -0.2) is 9.59 Å². The number of carboxylic acid groups (broad SMARTS) is 1. The van der Waals surface area contributed by atoms with Gasteiger partial charge in [-0.15, -0.1) is 11.8 Å². The van der Waals surface area contributed by atoms with Crippen LogP contribution in [0.3, 0.4) is 0 Å². The molecule has 2 rings (SSSR count). The van der Waals surface area contributed by atoms with Crippen LogP contribution in [-0.4, -0.2) is 45.7 Å². The summed E-state index contributed by atoms with van der Waals surface area (Å²) in [6.07, 6.45) is 3.08. The molecule has 2 N–H and O–H groups in total. The number of rotatable bonds is 5. The number of nitrogens with zero attached hydrogens (tertiary/aromatic N) is 1. The first kappa shape index (κ1) is 15.5. The van der Waals surface area contributed by atoms with Crippen LogP contribution in [0.25, 0.3) is 0 Å². The van der Waals surface area contributed by atoms with Gasteiger partial charge in [0.05, 0.1) is 5.37 Å². The van der Waals surface area contributed by atoms with Crippen LogP contribution in [0.5, 0.6) is 0 Å². The topological polar surface area (TPSA) is 69.6 Å². The minimum absolute atomic E-state index is 0.0229. The maximum atomic E-state index is 12.4. The Labute approximate surface area is 124 Å². The van der Waals surface area contributed by atoms with Gasteiger partial charge in [-0.1, -0.05) is 20.8 Å². The van der Waals surface area contributed by atoms with Gasteiger partial charge in [-0.05, 0) is 30.6 Å². The Morgan fingerprint density at radius 3 is 2.55 bits per heavy atom. The van der Waals surface area contributed by atoms with Gasteiger partial charge in [0, 0.05) is 12.3 Å². The number of urea groups is 1. The Bertz CT molecular complexity index is 396. The molecule has 0 aromatic rings. The molecule has 2 unspecified atom stereocenters. The quantitative estimate of drug-likeness (QED) is 0.818. The normalized spacial score (nSPS) is 27.7. The fourth-order valence-corrected chi connectivity index (χ4v) is 4.15. The number of thioether (sulfide) groups is 1. The number of aliphatic carboxylic acids is 1. The zero-order valence-corrected chi connectivity index (χ0v) is 13.2. The van der Waals surface area contributed by atoms with E-state index in [0.29, 0.717) is 18.2 Å². The first-order valence-electron chi connectivity index (χ1n) is 7.32. The van der Waals surface area contributed by atoms with Crippen LogP contribution in [0.1, 0.15) is 40.0 Å². The third-order valence-electron chi connectivity index (χ3n) is 4.67. The zero-order valence-electron chi connectivity index (χ0n) is 12.4. The van der Waals surface area contributed by atoms with E-state index < -0.39 is 12.0 Å². The third-order valence-corrected chi connectivity index (χ3v) is 6.12. The van der Waals surface area contributed by atoms with Crippen molar-refractivity contribution in [3.05, 3.63) is 0 Å². The molecule has 6 heteroatoms. The second kappa shape index (κ2) is 5.84. The summed E-state index contributed by atoms with van der Waals surface area (Å²) in [6.45, 7) is 7.01. The van der Waals surface area contributed by atoms with Crippen molar-refractivity contribution in [1.29, 1.82) is 0 Å². The Morgan fingerprint density at radius 2 is 2.10 bits per heavy atom. The van der Waals surface area contributed by atoms with E-state index in [9.17, 15) is 14.7 Å². The molecule has 114 valence electrons. The molecule has 2 aliphatic rings. The van der Waals surface area contributed by atoms with Crippen LogP contribution in [0, 0.1) is 11.3 Å². The molecule has 1 aliphatic heterocycles. The fraction of sp³-hybridized carbons (Fsp3) is 0.857. The van der Waals surface area contributed by atoms with Crippen LogP contribution < -0.4 is 5.32 Å². The smallest absolute Gasteiger partial charge is 0.327 e. The molecule has 1 heterocycles. The fourth-order valence-electron chi connectivity index (χ4n) is 2.80. The first-order chi connectivity index (χ1) is 9.41. The number of amides is 2. The van der Waals surface area contributed by atoms with Gasteiger partial charge in [-0.2, -0.15) is 0 Å². The maximum absolute atomic E-state index is 12.4. The molecule has 20 heavy (non-hydrogen) atoms. The molecule has 2 fully saturated rings. The molecule has 0 radical (unpaired) electrons. The van der Waals surface area contributed by atoms with E-state index in [2.05, 4.69) is 19.2 Å². The SMILES string of the molecule is CCC1SCC(C(=O)O)N1C(=O)NCC1(C(C)C)CC1. The summed E-state index contributed by atoms with van der Waals surface area (Å²) in [7, 11) is 0. The Morgan fingerprint density at radius 1 is 1.45 bits per heavy atom. The average molecular weight is 300 g/mol. The highest BCUT2D eigenvalue weighted by atomic mass is 32.2. The van der Waals surface area contributed by atoms with E-state index in [-0.39, 0.29) is 16.8 Å². The molecule has 1 aliphatic carbocycles. The predicted octanol–water partition coefficient (Wildman–Crippen LogP) is 2.37. The van der Waals surface area contributed by atoms with Crippen LogP contribution >= 0.6 is 11.8 Å². The summed E-state index contributed by atoms with van der Waals surface area (Å²) < 4.78 is 0. The number of nitrogens with one attached hydrogen (secondary N) is 1. The summed E-state index contributed by atoms with van der Waals surface area (Å²) in [5.41, 5.74) is 0.239. The van der Waals surface area contributed by atoms with Crippen molar-refractivity contribution >= 4 is 23.8 Å². The number of hydrogen-bond acceptors (Lipinski definition) is 3. The van der Waals surface area contributed by atoms with Crippen LogP contribution in [0.2, 0.25) is 0 Å². The lowest BCUT2D eigenvalue weighted by Crippen LogP contribution is -2.51. The molecule has 0 aromatic heterocycles. The molecule has 0 spiro atoms. The summed E-state index contributed by atoms with van der Waals surface area (Å²) >= 11 is 1.55. The largest absolute Gasteiger partial charge is 0.480 e. The van der Waals surface area contributed by atoms with Gasteiger partial charge in [0.15, 0.2) is 0 Å². The van der Waals surface area contributed by atoms with Crippen LogP contribution in [0.4, 0.5) is 4.79 Å².